The molecule has 1 aliphatic carbocycles. The molecule has 4 heteroatoms. The fourth-order valence-electron chi connectivity index (χ4n) is 2.28. The first-order valence-corrected chi connectivity index (χ1v) is 8.08. The van der Waals surface area contributed by atoms with Crippen molar-refractivity contribution in [1.29, 1.82) is 0 Å². The van der Waals surface area contributed by atoms with E-state index in [1.807, 2.05) is 0 Å². The number of rotatable bonds is 6. The predicted molar refractivity (Wildman–Crippen MR) is 70.1 cm³/mol. The molecular weight excluding hydrogens is 234 g/mol. The van der Waals surface area contributed by atoms with Gasteiger partial charge in [-0.2, -0.15) is 0 Å². The van der Waals surface area contributed by atoms with Crippen molar-refractivity contribution in [2.75, 3.05) is 25.1 Å². The van der Waals surface area contributed by atoms with Gasteiger partial charge in [0.25, 0.3) is 0 Å². The van der Waals surface area contributed by atoms with Gasteiger partial charge < -0.3 is 5.32 Å². The highest BCUT2D eigenvalue weighted by Crippen LogP contribution is 2.33. The molecule has 1 unspecified atom stereocenters. The topological polar surface area (TPSA) is 46.2 Å². The van der Waals surface area contributed by atoms with Crippen LogP contribution in [0.4, 0.5) is 0 Å². The molecule has 0 saturated carbocycles. The molecule has 0 heterocycles. The number of fused-ring (bicyclic) bond motifs is 1. The maximum Gasteiger partial charge on any atom is 0.147 e. The lowest BCUT2D eigenvalue weighted by Gasteiger charge is -2.30. The molecule has 1 aromatic carbocycles. The number of sulfone groups is 1. The Morgan fingerprint density at radius 2 is 2.12 bits per heavy atom. The molecule has 0 aromatic heterocycles. The van der Waals surface area contributed by atoms with E-state index in [1.54, 1.807) is 0 Å². The normalized spacial score (nSPS) is 18.5. The maximum absolute atomic E-state index is 10.9. The Morgan fingerprint density at radius 1 is 1.35 bits per heavy atom. The van der Waals surface area contributed by atoms with Crippen LogP contribution < -0.4 is 5.32 Å². The molecule has 0 bridgehead atoms. The summed E-state index contributed by atoms with van der Waals surface area (Å²) < 4.78 is 21.9. The molecule has 1 N–H and O–H groups in total. The lowest BCUT2D eigenvalue weighted by molar-refractivity contribution is 0.533. The van der Waals surface area contributed by atoms with Crippen LogP contribution in [0.2, 0.25) is 0 Å². The van der Waals surface area contributed by atoms with Crippen LogP contribution >= 0.6 is 0 Å². The van der Waals surface area contributed by atoms with E-state index in [-0.39, 0.29) is 5.75 Å². The van der Waals surface area contributed by atoms with Crippen molar-refractivity contribution < 1.29 is 8.42 Å². The smallest absolute Gasteiger partial charge is 0.147 e. The lowest BCUT2D eigenvalue weighted by atomic mass is 9.77. The summed E-state index contributed by atoms with van der Waals surface area (Å²) in [5.41, 5.74) is 2.90. The Bertz CT molecular complexity index is 482. The van der Waals surface area contributed by atoms with Crippen LogP contribution in [0, 0.1) is 0 Å². The second-order valence-corrected chi connectivity index (χ2v) is 7.05. The van der Waals surface area contributed by atoms with Crippen molar-refractivity contribution in [1.82, 2.24) is 5.32 Å². The van der Waals surface area contributed by atoms with Gasteiger partial charge in [-0.25, -0.2) is 8.42 Å². The van der Waals surface area contributed by atoms with Crippen LogP contribution in [0.3, 0.4) is 0 Å². The zero-order chi connectivity index (χ0) is 12.3. The van der Waals surface area contributed by atoms with Crippen molar-refractivity contribution in [2.24, 2.45) is 0 Å². The van der Waals surface area contributed by atoms with E-state index in [4.69, 9.17) is 0 Å². The van der Waals surface area contributed by atoms with Gasteiger partial charge in [-0.05, 0) is 30.5 Å². The van der Waals surface area contributed by atoms with Gasteiger partial charge >= 0.3 is 0 Å². The van der Waals surface area contributed by atoms with Gasteiger partial charge in [-0.1, -0.05) is 24.3 Å². The van der Waals surface area contributed by atoms with Crippen LogP contribution in [0.25, 0.3) is 0 Å². The first-order valence-electron chi connectivity index (χ1n) is 6.02. The summed E-state index contributed by atoms with van der Waals surface area (Å²) in [5, 5.41) is 3.34. The minimum absolute atomic E-state index is 0.279. The Labute approximate surface area is 103 Å². The number of hydrogen-bond donors (Lipinski definition) is 1. The first-order chi connectivity index (χ1) is 8.06. The molecule has 2 rings (SSSR count). The Balaban J connectivity index is 1.65. The molecule has 0 saturated heterocycles. The summed E-state index contributed by atoms with van der Waals surface area (Å²) in [7, 11) is -2.81. The minimum Gasteiger partial charge on any atom is -0.316 e. The third-order valence-corrected chi connectivity index (χ3v) is 4.25. The van der Waals surface area contributed by atoms with E-state index in [1.165, 1.54) is 17.4 Å². The molecule has 1 aliphatic rings. The Hall–Kier alpha value is -0.870. The minimum atomic E-state index is -2.81. The molecule has 0 aliphatic heterocycles. The molecule has 0 radical (unpaired) electrons. The van der Waals surface area contributed by atoms with Crippen LogP contribution in [0.1, 0.15) is 23.5 Å². The third kappa shape index (κ3) is 3.54. The summed E-state index contributed by atoms with van der Waals surface area (Å²) in [5.74, 6) is 0.894. The van der Waals surface area contributed by atoms with E-state index in [0.717, 1.165) is 19.5 Å². The lowest BCUT2D eigenvalue weighted by Crippen LogP contribution is -2.30. The molecule has 1 aromatic rings. The van der Waals surface area contributed by atoms with E-state index < -0.39 is 9.84 Å². The molecular formula is C13H19NO2S. The van der Waals surface area contributed by atoms with Gasteiger partial charge in [0.05, 0.1) is 5.75 Å². The Kier molecular flexibility index (Phi) is 3.84. The van der Waals surface area contributed by atoms with Crippen molar-refractivity contribution in [3.63, 3.8) is 0 Å². The average Bonchev–Trinajstić information content (AvgIpc) is 2.22. The predicted octanol–water partition coefficient (Wildman–Crippen LogP) is 1.35. The molecule has 0 amide bonds. The highest BCUT2D eigenvalue weighted by atomic mass is 32.2. The molecule has 17 heavy (non-hydrogen) atoms. The fourth-order valence-corrected chi connectivity index (χ4v) is 2.95. The van der Waals surface area contributed by atoms with Crippen LogP contribution in [0.15, 0.2) is 24.3 Å². The molecule has 3 nitrogen and oxygen atoms in total. The number of benzene rings is 1. The quantitative estimate of drug-likeness (QED) is 0.778. The summed E-state index contributed by atoms with van der Waals surface area (Å²) in [4.78, 5) is 0. The van der Waals surface area contributed by atoms with E-state index in [2.05, 4.69) is 29.6 Å². The van der Waals surface area contributed by atoms with E-state index >= 15 is 0 Å². The summed E-state index contributed by atoms with van der Waals surface area (Å²) in [6.45, 7) is 1.74. The van der Waals surface area contributed by atoms with Gasteiger partial charge in [-0.15, -0.1) is 0 Å². The number of hydrogen-bond acceptors (Lipinski definition) is 3. The fraction of sp³-hybridized carbons (Fsp3) is 0.538. The van der Waals surface area contributed by atoms with Gasteiger partial charge in [0.2, 0.25) is 0 Å². The molecule has 0 spiro atoms. The standard InChI is InChI=1S/C13H19NO2S/c1-17(15,16)8-4-7-14-10-12-9-11-5-2-3-6-13(11)12/h2-3,5-6,12,14H,4,7-10H2,1H3. The van der Waals surface area contributed by atoms with Crippen LogP contribution in [0.5, 0.6) is 0 Å². The zero-order valence-corrected chi connectivity index (χ0v) is 11.0. The van der Waals surface area contributed by atoms with Gasteiger partial charge in [0.1, 0.15) is 9.84 Å². The zero-order valence-electron chi connectivity index (χ0n) is 10.1. The summed E-state index contributed by atoms with van der Waals surface area (Å²) in [6, 6.07) is 8.51. The molecule has 1 atom stereocenters. The van der Waals surface area contributed by atoms with E-state index in [9.17, 15) is 8.42 Å². The summed E-state index contributed by atoms with van der Waals surface area (Å²) in [6.07, 6.45) is 3.14. The van der Waals surface area contributed by atoms with Crippen molar-refractivity contribution >= 4 is 9.84 Å². The molecule has 94 valence electrons. The SMILES string of the molecule is CS(=O)(=O)CCCNCC1Cc2ccccc21. The van der Waals surface area contributed by atoms with Crippen molar-refractivity contribution in [2.45, 2.75) is 18.8 Å². The van der Waals surface area contributed by atoms with Gasteiger partial charge in [0, 0.05) is 18.7 Å². The van der Waals surface area contributed by atoms with Crippen LogP contribution in [-0.2, 0) is 16.3 Å². The monoisotopic (exact) mass is 253 g/mol. The van der Waals surface area contributed by atoms with Crippen LogP contribution in [-0.4, -0.2) is 33.5 Å². The first kappa shape index (κ1) is 12.6. The molecule has 0 fully saturated rings. The Morgan fingerprint density at radius 3 is 2.82 bits per heavy atom. The van der Waals surface area contributed by atoms with E-state index in [0.29, 0.717) is 12.3 Å². The highest BCUT2D eigenvalue weighted by Gasteiger charge is 2.24. The largest absolute Gasteiger partial charge is 0.316 e. The summed E-state index contributed by atoms with van der Waals surface area (Å²) >= 11 is 0. The maximum atomic E-state index is 10.9. The average molecular weight is 253 g/mol. The van der Waals surface area contributed by atoms with Crippen molar-refractivity contribution in [3.05, 3.63) is 35.4 Å². The highest BCUT2D eigenvalue weighted by molar-refractivity contribution is 7.90. The second kappa shape index (κ2) is 5.19. The van der Waals surface area contributed by atoms with Gasteiger partial charge in [0.15, 0.2) is 0 Å². The van der Waals surface area contributed by atoms with Gasteiger partial charge in [-0.3, -0.25) is 0 Å². The second-order valence-electron chi connectivity index (χ2n) is 4.79. The third-order valence-electron chi connectivity index (χ3n) is 3.22. The number of nitrogens with one attached hydrogen (secondary N) is 1. The van der Waals surface area contributed by atoms with Crippen molar-refractivity contribution in [3.8, 4) is 0 Å².